The molecule has 0 fully saturated rings. The molecule has 1 rings (SSSR count). The number of nitrogens with two attached hydrogens (primary N) is 1. The fraction of sp³-hybridized carbons (Fsp3) is 0.571. The minimum atomic E-state index is -0.200. The standard InChI is InChI=1S/C14H22FNOS/c1-14(2,17-3)8-7-12(16)10-18-13-6-4-5-11(15)9-13/h4-6,9,12H,7-8,10,16H2,1-3H3. The van der Waals surface area contributed by atoms with Gasteiger partial charge in [0.05, 0.1) is 5.60 Å². The molecule has 0 saturated heterocycles. The van der Waals surface area contributed by atoms with Crippen molar-refractivity contribution in [1.29, 1.82) is 0 Å². The number of thioether (sulfide) groups is 1. The summed E-state index contributed by atoms with van der Waals surface area (Å²) < 4.78 is 18.3. The molecule has 0 aromatic heterocycles. The van der Waals surface area contributed by atoms with E-state index in [0.29, 0.717) is 0 Å². The van der Waals surface area contributed by atoms with Gasteiger partial charge in [0.15, 0.2) is 0 Å². The summed E-state index contributed by atoms with van der Waals surface area (Å²) in [6, 6.07) is 6.71. The van der Waals surface area contributed by atoms with Gasteiger partial charge in [0, 0.05) is 23.8 Å². The maximum atomic E-state index is 13.0. The Labute approximate surface area is 113 Å². The van der Waals surface area contributed by atoms with Crippen LogP contribution in [0.5, 0.6) is 0 Å². The zero-order chi connectivity index (χ0) is 13.6. The van der Waals surface area contributed by atoms with E-state index in [4.69, 9.17) is 10.5 Å². The topological polar surface area (TPSA) is 35.2 Å². The van der Waals surface area contributed by atoms with E-state index < -0.39 is 0 Å². The van der Waals surface area contributed by atoms with Gasteiger partial charge in [-0.1, -0.05) is 6.07 Å². The van der Waals surface area contributed by atoms with Crippen molar-refractivity contribution < 1.29 is 9.13 Å². The van der Waals surface area contributed by atoms with Crippen LogP contribution < -0.4 is 5.73 Å². The van der Waals surface area contributed by atoms with Gasteiger partial charge in [-0.25, -0.2) is 4.39 Å². The van der Waals surface area contributed by atoms with Crippen LogP contribution in [0.2, 0.25) is 0 Å². The summed E-state index contributed by atoms with van der Waals surface area (Å²) in [7, 11) is 1.72. The lowest BCUT2D eigenvalue weighted by atomic mass is 10.00. The molecule has 0 aliphatic rings. The molecule has 1 aromatic carbocycles. The summed E-state index contributed by atoms with van der Waals surface area (Å²) in [4.78, 5) is 0.927. The monoisotopic (exact) mass is 271 g/mol. The van der Waals surface area contributed by atoms with Crippen LogP contribution in [0.1, 0.15) is 26.7 Å². The fourth-order valence-electron chi connectivity index (χ4n) is 1.48. The third-order valence-corrected chi connectivity index (χ3v) is 4.11. The van der Waals surface area contributed by atoms with Gasteiger partial charge in [0.25, 0.3) is 0 Å². The summed E-state index contributed by atoms with van der Waals surface area (Å²) >= 11 is 1.60. The SMILES string of the molecule is COC(C)(C)CCC(N)CSc1cccc(F)c1. The molecular formula is C14H22FNOS. The lowest BCUT2D eigenvalue weighted by Crippen LogP contribution is -2.29. The van der Waals surface area contributed by atoms with Crippen LogP contribution in [0.25, 0.3) is 0 Å². The molecule has 1 atom stereocenters. The average molecular weight is 271 g/mol. The van der Waals surface area contributed by atoms with Crippen molar-refractivity contribution in [2.75, 3.05) is 12.9 Å². The second-order valence-electron chi connectivity index (χ2n) is 5.03. The molecule has 2 nitrogen and oxygen atoms in total. The van der Waals surface area contributed by atoms with Crippen molar-refractivity contribution in [3.05, 3.63) is 30.1 Å². The molecule has 0 amide bonds. The molecular weight excluding hydrogens is 249 g/mol. The van der Waals surface area contributed by atoms with Crippen LogP contribution >= 0.6 is 11.8 Å². The summed E-state index contributed by atoms with van der Waals surface area (Å²) in [5.74, 6) is 0.595. The molecule has 4 heteroatoms. The minimum Gasteiger partial charge on any atom is -0.379 e. The van der Waals surface area contributed by atoms with Gasteiger partial charge in [-0.3, -0.25) is 0 Å². The highest BCUT2D eigenvalue weighted by atomic mass is 32.2. The van der Waals surface area contributed by atoms with Gasteiger partial charge in [-0.15, -0.1) is 11.8 Å². The van der Waals surface area contributed by atoms with Gasteiger partial charge in [-0.05, 0) is 44.9 Å². The van der Waals surface area contributed by atoms with Crippen LogP contribution in [0.15, 0.2) is 29.2 Å². The highest BCUT2D eigenvalue weighted by Crippen LogP contribution is 2.22. The van der Waals surface area contributed by atoms with Crippen molar-refractivity contribution in [3.8, 4) is 0 Å². The third-order valence-electron chi connectivity index (χ3n) is 2.93. The molecule has 102 valence electrons. The van der Waals surface area contributed by atoms with E-state index in [0.717, 1.165) is 23.5 Å². The van der Waals surface area contributed by atoms with Crippen LogP contribution in [-0.2, 0) is 4.74 Å². The zero-order valence-electron chi connectivity index (χ0n) is 11.3. The summed E-state index contributed by atoms with van der Waals surface area (Å²) in [6.45, 7) is 4.11. The Bertz CT molecular complexity index is 371. The first-order valence-electron chi connectivity index (χ1n) is 6.12. The van der Waals surface area contributed by atoms with Gasteiger partial charge in [0.2, 0.25) is 0 Å². The van der Waals surface area contributed by atoms with E-state index >= 15 is 0 Å². The molecule has 0 spiro atoms. The molecule has 0 bridgehead atoms. The molecule has 1 aromatic rings. The van der Waals surface area contributed by atoms with Gasteiger partial charge in [-0.2, -0.15) is 0 Å². The number of ether oxygens (including phenoxy) is 1. The summed E-state index contributed by atoms with van der Waals surface area (Å²) in [6.07, 6.45) is 1.83. The smallest absolute Gasteiger partial charge is 0.124 e. The number of methoxy groups -OCH3 is 1. The third kappa shape index (κ3) is 5.85. The molecule has 18 heavy (non-hydrogen) atoms. The van der Waals surface area contributed by atoms with E-state index in [1.165, 1.54) is 12.1 Å². The minimum absolute atomic E-state index is 0.104. The Morgan fingerprint density at radius 1 is 1.44 bits per heavy atom. The largest absolute Gasteiger partial charge is 0.379 e. The van der Waals surface area contributed by atoms with Crippen molar-refractivity contribution in [2.24, 2.45) is 5.73 Å². The van der Waals surface area contributed by atoms with Gasteiger partial charge < -0.3 is 10.5 Å². The lowest BCUT2D eigenvalue weighted by Gasteiger charge is -2.24. The van der Waals surface area contributed by atoms with E-state index in [2.05, 4.69) is 13.8 Å². The average Bonchev–Trinajstić information content (AvgIpc) is 2.34. The highest BCUT2D eigenvalue weighted by Gasteiger charge is 2.17. The molecule has 0 heterocycles. The predicted octanol–water partition coefficient (Wildman–Crippen LogP) is 3.45. The first-order chi connectivity index (χ1) is 8.43. The van der Waals surface area contributed by atoms with Crippen LogP contribution in [0.4, 0.5) is 4.39 Å². The van der Waals surface area contributed by atoms with Crippen molar-refractivity contribution >= 4 is 11.8 Å². The van der Waals surface area contributed by atoms with Crippen molar-refractivity contribution in [1.82, 2.24) is 0 Å². The van der Waals surface area contributed by atoms with Crippen LogP contribution in [-0.4, -0.2) is 24.5 Å². The number of halogens is 1. The molecule has 2 N–H and O–H groups in total. The Hall–Kier alpha value is -0.580. The van der Waals surface area contributed by atoms with E-state index in [1.54, 1.807) is 24.9 Å². The molecule has 0 saturated carbocycles. The predicted molar refractivity (Wildman–Crippen MR) is 75.4 cm³/mol. The molecule has 0 radical (unpaired) electrons. The Balaban J connectivity index is 2.31. The Morgan fingerprint density at radius 2 is 2.17 bits per heavy atom. The number of rotatable bonds is 7. The first-order valence-corrected chi connectivity index (χ1v) is 7.10. The number of hydrogen-bond donors (Lipinski definition) is 1. The Morgan fingerprint density at radius 3 is 2.78 bits per heavy atom. The van der Waals surface area contributed by atoms with Gasteiger partial charge >= 0.3 is 0 Å². The summed E-state index contributed by atoms with van der Waals surface area (Å²) in [5.41, 5.74) is 5.93. The van der Waals surface area contributed by atoms with E-state index in [1.807, 2.05) is 6.07 Å². The quantitative estimate of drug-likeness (QED) is 0.771. The normalized spacial score (nSPS) is 13.6. The second kappa shape index (κ2) is 7.12. The van der Waals surface area contributed by atoms with Gasteiger partial charge in [0.1, 0.15) is 5.82 Å². The first kappa shape index (κ1) is 15.5. The fourth-order valence-corrected chi connectivity index (χ4v) is 2.42. The second-order valence-corrected chi connectivity index (χ2v) is 6.12. The maximum absolute atomic E-state index is 13.0. The highest BCUT2D eigenvalue weighted by molar-refractivity contribution is 7.99. The molecule has 1 unspecified atom stereocenters. The van der Waals surface area contributed by atoms with E-state index in [-0.39, 0.29) is 17.5 Å². The zero-order valence-corrected chi connectivity index (χ0v) is 12.1. The molecule has 0 aliphatic heterocycles. The number of benzene rings is 1. The summed E-state index contributed by atoms with van der Waals surface area (Å²) in [5, 5.41) is 0. The van der Waals surface area contributed by atoms with Crippen LogP contribution in [0, 0.1) is 5.82 Å². The lowest BCUT2D eigenvalue weighted by molar-refractivity contribution is 0.0129. The number of hydrogen-bond acceptors (Lipinski definition) is 3. The molecule has 0 aliphatic carbocycles. The van der Waals surface area contributed by atoms with Crippen molar-refractivity contribution in [3.63, 3.8) is 0 Å². The van der Waals surface area contributed by atoms with E-state index in [9.17, 15) is 4.39 Å². The maximum Gasteiger partial charge on any atom is 0.124 e. The van der Waals surface area contributed by atoms with Crippen LogP contribution in [0.3, 0.4) is 0 Å². The Kier molecular flexibility index (Phi) is 6.12. The van der Waals surface area contributed by atoms with Crippen molar-refractivity contribution in [2.45, 2.75) is 43.2 Å².